The van der Waals surface area contributed by atoms with Crippen molar-refractivity contribution in [3.05, 3.63) is 34.9 Å². The zero-order chi connectivity index (χ0) is 12.4. The molecule has 2 aromatic rings. The Morgan fingerprint density at radius 2 is 1.76 bits per heavy atom. The van der Waals surface area contributed by atoms with Gasteiger partial charge in [-0.2, -0.15) is 10.2 Å². The van der Waals surface area contributed by atoms with Crippen LogP contribution in [0.25, 0.3) is 0 Å². The molecule has 0 aromatic carbocycles. The summed E-state index contributed by atoms with van der Waals surface area (Å²) in [4.78, 5) is 4.41. The van der Waals surface area contributed by atoms with Gasteiger partial charge in [0.2, 0.25) is 0 Å². The maximum atomic E-state index is 4.41. The highest BCUT2D eigenvalue weighted by atomic mass is 15.3. The maximum Gasteiger partial charge on any atom is 0.0809 e. The van der Waals surface area contributed by atoms with E-state index in [0.717, 1.165) is 22.8 Å². The van der Waals surface area contributed by atoms with Gasteiger partial charge in [-0.3, -0.25) is 14.4 Å². The van der Waals surface area contributed by atoms with Gasteiger partial charge in [0, 0.05) is 20.3 Å². The van der Waals surface area contributed by atoms with Gasteiger partial charge in [0.25, 0.3) is 0 Å². The summed E-state index contributed by atoms with van der Waals surface area (Å²) in [5, 5.41) is 8.55. The molecule has 0 saturated heterocycles. The van der Waals surface area contributed by atoms with E-state index in [1.165, 1.54) is 0 Å². The Bertz CT molecular complexity index is 547. The SMILES string of the molecule is Cc1cc(C=NCc2cc(C)nn2C)n(C)n1. The van der Waals surface area contributed by atoms with Crippen LogP contribution < -0.4 is 0 Å². The molecule has 0 aliphatic heterocycles. The highest BCUT2D eigenvalue weighted by molar-refractivity contribution is 5.77. The molecule has 5 nitrogen and oxygen atoms in total. The topological polar surface area (TPSA) is 48.0 Å². The van der Waals surface area contributed by atoms with Crippen molar-refractivity contribution in [3.63, 3.8) is 0 Å². The highest BCUT2D eigenvalue weighted by Gasteiger charge is 2.01. The Balaban J connectivity index is 2.07. The predicted molar refractivity (Wildman–Crippen MR) is 67.2 cm³/mol. The summed E-state index contributed by atoms with van der Waals surface area (Å²) in [5.41, 5.74) is 4.15. The molecule has 0 amide bonds. The van der Waals surface area contributed by atoms with E-state index < -0.39 is 0 Å². The van der Waals surface area contributed by atoms with Gasteiger partial charge in [-0.05, 0) is 26.0 Å². The zero-order valence-electron chi connectivity index (χ0n) is 10.7. The van der Waals surface area contributed by atoms with Crippen molar-refractivity contribution in [2.75, 3.05) is 0 Å². The monoisotopic (exact) mass is 231 g/mol. The highest BCUT2D eigenvalue weighted by Crippen LogP contribution is 2.04. The van der Waals surface area contributed by atoms with E-state index in [9.17, 15) is 0 Å². The molecule has 2 aromatic heterocycles. The molecular formula is C12H17N5. The Hall–Kier alpha value is -1.91. The number of rotatable bonds is 3. The fourth-order valence-electron chi connectivity index (χ4n) is 1.80. The van der Waals surface area contributed by atoms with E-state index >= 15 is 0 Å². The second-order valence-corrected chi connectivity index (χ2v) is 4.20. The first-order valence-electron chi connectivity index (χ1n) is 5.56. The van der Waals surface area contributed by atoms with Crippen molar-refractivity contribution in [1.29, 1.82) is 0 Å². The van der Waals surface area contributed by atoms with Gasteiger partial charge in [0.1, 0.15) is 0 Å². The van der Waals surface area contributed by atoms with E-state index in [1.54, 1.807) is 0 Å². The molecule has 0 unspecified atom stereocenters. The minimum absolute atomic E-state index is 0.640. The summed E-state index contributed by atoms with van der Waals surface area (Å²) < 4.78 is 3.69. The maximum absolute atomic E-state index is 4.41. The van der Waals surface area contributed by atoms with Crippen LogP contribution in [-0.4, -0.2) is 25.8 Å². The summed E-state index contributed by atoms with van der Waals surface area (Å²) in [6, 6.07) is 4.06. The van der Waals surface area contributed by atoms with Crippen LogP contribution in [0.2, 0.25) is 0 Å². The second kappa shape index (κ2) is 4.53. The van der Waals surface area contributed by atoms with Crippen LogP contribution in [0.15, 0.2) is 17.1 Å². The fourth-order valence-corrected chi connectivity index (χ4v) is 1.80. The van der Waals surface area contributed by atoms with Gasteiger partial charge in [-0.15, -0.1) is 0 Å². The van der Waals surface area contributed by atoms with Gasteiger partial charge in [-0.25, -0.2) is 0 Å². The van der Waals surface area contributed by atoms with Crippen molar-refractivity contribution in [2.45, 2.75) is 20.4 Å². The first-order chi connectivity index (χ1) is 8.06. The second-order valence-electron chi connectivity index (χ2n) is 4.20. The van der Waals surface area contributed by atoms with Crippen LogP contribution in [0.4, 0.5) is 0 Å². The lowest BCUT2D eigenvalue weighted by molar-refractivity contribution is 0.706. The summed E-state index contributed by atoms with van der Waals surface area (Å²) >= 11 is 0. The smallest absolute Gasteiger partial charge is 0.0809 e. The van der Waals surface area contributed by atoms with Crippen LogP contribution in [0.5, 0.6) is 0 Å². The number of aryl methyl sites for hydroxylation is 4. The fraction of sp³-hybridized carbons (Fsp3) is 0.417. The van der Waals surface area contributed by atoms with Crippen molar-refractivity contribution in [1.82, 2.24) is 19.6 Å². The lowest BCUT2D eigenvalue weighted by Crippen LogP contribution is -1.99. The van der Waals surface area contributed by atoms with Gasteiger partial charge in [0.05, 0.1) is 29.3 Å². The summed E-state index contributed by atoms with van der Waals surface area (Å²) in [6.07, 6.45) is 1.85. The number of nitrogens with zero attached hydrogens (tertiary/aromatic N) is 5. The van der Waals surface area contributed by atoms with E-state index in [0.29, 0.717) is 6.54 Å². The molecule has 0 saturated carbocycles. The lowest BCUT2D eigenvalue weighted by atomic mass is 10.3. The molecule has 5 heteroatoms. The van der Waals surface area contributed by atoms with Crippen LogP contribution in [0, 0.1) is 13.8 Å². The summed E-state index contributed by atoms with van der Waals surface area (Å²) in [6.45, 7) is 4.60. The first-order valence-corrected chi connectivity index (χ1v) is 5.56. The van der Waals surface area contributed by atoms with E-state index in [4.69, 9.17) is 0 Å². The average Bonchev–Trinajstić information content (AvgIpc) is 2.71. The van der Waals surface area contributed by atoms with E-state index in [2.05, 4.69) is 15.2 Å². The van der Waals surface area contributed by atoms with Crippen LogP contribution in [0.1, 0.15) is 22.8 Å². The Morgan fingerprint density at radius 1 is 1.12 bits per heavy atom. The van der Waals surface area contributed by atoms with Gasteiger partial charge >= 0.3 is 0 Å². The minimum atomic E-state index is 0.640. The predicted octanol–water partition coefficient (Wildman–Crippen LogP) is 1.39. The molecule has 0 aliphatic rings. The number of hydrogen-bond acceptors (Lipinski definition) is 3. The third-order valence-corrected chi connectivity index (χ3v) is 2.61. The molecule has 90 valence electrons. The molecular weight excluding hydrogens is 214 g/mol. The quantitative estimate of drug-likeness (QED) is 0.749. The molecule has 0 radical (unpaired) electrons. The number of aliphatic imine (C=N–C) groups is 1. The van der Waals surface area contributed by atoms with Crippen molar-refractivity contribution < 1.29 is 0 Å². The Morgan fingerprint density at radius 3 is 2.29 bits per heavy atom. The van der Waals surface area contributed by atoms with Crippen LogP contribution in [-0.2, 0) is 20.6 Å². The average molecular weight is 231 g/mol. The molecule has 17 heavy (non-hydrogen) atoms. The number of hydrogen-bond donors (Lipinski definition) is 0. The van der Waals surface area contributed by atoms with Crippen molar-refractivity contribution in [3.8, 4) is 0 Å². The third kappa shape index (κ3) is 2.61. The summed E-state index contributed by atoms with van der Waals surface area (Å²) in [5.74, 6) is 0. The molecule has 0 aliphatic carbocycles. The normalized spacial score (nSPS) is 11.5. The van der Waals surface area contributed by atoms with Crippen LogP contribution >= 0.6 is 0 Å². The van der Waals surface area contributed by atoms with E-state index in [1.807, 2.05) is 55.7 Å². The largest absolute Gasteiger partial charge is 0.285 e. The van der Waals surface area contributed by atoms with Gasteiger partial charge in [0.15, 0.2) is 0 Å². The first kappa shape index (κ1) is 11.6. The molecule has 2 rings (SSSR count). The summed E-state index contributed by atoms with van der Waals surface area (Å²) in [7, 11) is 3.86. The van der Waals surface area contributed by atoms with Gasteiger partial charge in [-0.1, -0.05) is 0 Å². The standard InChI is InChI=1S/C12H17N5/c1-9-5-11(16(3)14-9)7-13-8-12-6-10(2)15-17(12)4/h5-7H,8H2,1-4H3. The molecule has 0 bridgehead atoms. The number of aromatic nitrogens is 4. The third-order valence-electron chi connectivity index (χ3n) is 2.61. The van der Waals surface area contributed by atoms with E-state index in [-0.39, 0.29) is 0 Å². The minimum Gasteiger partial charge on any atom is -0.285 e. The molecule has 0 spiro atoms. The molecule has 2 heterocycles. The zero-order valence-corrected chi connectivity index (χ0v) is 10.7. The molecule has 0 atom stereocenters. The van der Waals surface area contributed by atoms with Gasteiger partial charge < -0.3 is 0 Å². The lowest BCUT2D eigenvalue weighted by Gasteiger charge is -1.96. The Kier molecular flexibility index (Phi) is 3.08. The van der Waals surface area contributed by atoms with Crippen molar-refractivity contribution >= 4 is 6.21 Å². The molecule has 0 fully saturated rings. The Labute approximate surface area is 101 Å². The van der Waals surface area contributed by atoms with Crippen molar-refractivity contribution in [2.24, 2.45) is 19.1 Å². The van der Waals surface area contributed by atoms with Crippen LogP contribution in [0.3, 0.4) is 0 Å². The molecule has 0 N–H and O–H groups in total.